The fourth-order valence-corrected chi connectivity index (χ4v) is 5.48. The number of anilines is 3. The Balaban J connectivity index is 1.23. The summed E-state index contributed by atoms with van der Waals surface area (Å²) in [6.07, 6.45) is 7.45. The van der Waals surface area contributed by atoms with Crippen LogP contribution in [0.2, 0.25) is 0 Å². The van der Waals surface area contributed by atoms with Crippen molar-refractivity contribution in [2.24, 2.45) is 0 Å². The van der Waals surface area contributed by atoms with Crippen molar-refractivity contribution >= 4 is 44.9 Å². The van der Waals surface area contributed by atoms with E-state index in [1.165, 1.54) is 24.5 Å². The number of aromatic nitrogens is 4. The van der Waals surface area contributed by atoms with E-state index in [9.17, 15) is 9.18 Å². The smallest absolute Gasteiger partial charge is 0.248 e. The number of hydrogen-bond donors (Lipinski definition) is 2. The molecule has 1 aliphatic heterocycles. The Labute approximate surface area is 273 Å². The Morgan fingerprint density at radius 1 is 1.11 bits per heavy atom. The number of nitrogens with zero attached hydrogens (tertiary/aromatic N) is 6. The van der Waals surface area contributed by atoms with Crippen LogP contribution in [0.5, 0.6) is 5.75 Å². The summed E-state index contributed by atoms with van der Waals surface area (Å²) in [4.78, 5) is 26.2. The highest BCUT2D eigenvalue weighted by atomic mass is 19.1. The number of benzene rings is 3. The predicted molar refractivity (Wildman–Crippen MR) is 182 cm³/mol. The lowest BCUT2D eigenvalue weighted by Gasteiger charge is -2.26. The first-order valence-corrected chi connectivity index (χ1v) is 15.7. The number of likely N-dealkylation sites (N-methyl/N-ethyl adjacent to an activating group) is 1. The van der Waals surface area contributed by atoms with Crippen LogP contribution >= 0.6 is 0 Å². The number of carbonyl (C=O) groups is 1. The van der Waals surface area contributed by atoms with E-state index in [-0.39, 0.29) is 11.7 Å². The quantitative estimate of drug-likeness (QED) is 0.135. The number of halogens is 1. The molecular weight excluding hydrogens is 599 g/mol. The van der Waals surface area contributed by atoms with Crippen molar-refractivity contribution in [2.75, 3.05) is 70.7 Å². The molecule has 5 aromatic rings. The van der Waals surface area contributed by atoms with Crippen molar-refractivity contribution in [3.8, 4) is 5.75 Å². The van der Waals surface area contributed by atoms with Gasteiger partial charge in [-0.1, -0.05) is 18.2 Å². The molecule has 0 spiro atoms. The van der Waals surface area contributed by atoms with Crippen molar-refractivity contribution in [3.63, 3.8) is 0 Å². The fourth-order valence-electron chi connectivity index (χ4n) is 5.48. The Morgan fingerprint density at radius 3 is 2.81 bits per heavy atom. The first kappa shape index (κ1) is 32.0. The third-order valence-corrected chi connectivity index (χ3v) is 7.84. The minimum atomic E-state index is -0.268. The summed E-state index contributed by atoms with van der Waals surface area (Å²) >= 11 is 0. The summed E-state index contributed by atoms with van der Waals surface area (Å²) in [5.41, 5.74) is 3.78. The first-order valence-electron chi connectivity index (χ1n) is 15.7. The highest BCUT2D eigenvalue weighted by Crippen LogP contribution is 2.34. The molecule has 2 aromatic heterocycles. The van der Waals surface area contributed by atoms with Crippen LogP contribution in [-0.2, 0) is 16.1 Å². The van der Waals surface area contributed by atoms with Gasteiger partial charge in [-0.2, -0.15) is 5.10 Å². The summed E-state index contributed by atoms with van der Waals surface area (Å²) in [6, 6.07) is 16.2. The number of nitrogens with one attached hydrogen (secondary N) is 2. The van der Waals surface area contributed by atoms with Crippen molar-refractivity contribution < 1.29 is 18.7 Å². The molecule has 11 nitrogen and oxygen atoms in total. The number of rotatable bonds is 13. The van der Waals surface area contributed by atoms with Crippen LogP contribution < -0.4 is 15.4 Å². The maximum Gasteiger partial charge on any atom is 0.248 e. The molecule has 3 heterocycles. The maximum atomic E-state index is 13.7. The molecule has 3 aromatic carbocycles. The normalized spacial score (nSPS) is 14.0. The molecule has 1 fully saturated rings. The van der Waals surface area contributed by atoms with Gasteiger partial charge >= 0.3 is 0 Å². The Bertz CT molecular complexity index is 1870. The van der Waals surface area contributed by atoms with Gasteiger partial charge in [0.15, 0.2) is 0 Å². The number of morpholine rings is 1. The second kappa shape index (κ2) is 15.1. The topological polar surface area (TPSA) is 110 Å². The number of fused-ring (bicyclic) bond motifs is 2. The minimum Gasteiger partial charge on any atom is -0.491 e. The molecule has 1 saturated heterocycles. The number of hydrogen-bond acceptors (Lipinski definition) is 9. The van der Waals surface area contributed by atoms with Gasteiger partial charge in [-0.3, -0.25) is 14.4 Å². The van der Waals surface area contributed by atoms with Crippen LogP contribution in [0, 0.1) is 5.82 Å². The number of ether oxygens (including phenoxy) is 2. The zero-order valence-corrected chi connectivity index (χ0v) is 26.7. The first-order chi connectivity index (χ1) is 22.9. The van der Waals surface area contributed by atoms with Crippen molar-refractivity contribution in [2.45, 2.75) is 13.0 Å². The summed E-state index contributed by atoms with van der Waals surface area (Å²) in [6.45, 7) is 5.84. The van der Waals surface area contributed by atoms with E-state index < -0.39 is 0 Å². The maximum absolute atomic E-state index is 13.7. The van der Waals surface area contributed by atoms with Crippen LogP contribution in [0.15, 0.2) is 79.3 Å². The highest BCUT2D eigenvalue weighted by molar-refractivity contribution is 6.03. The molecule has 0 saturated carbocycles. The average Bonchev–Trinajstić information content (AvgIpc) is 3.45. The van der Waals surface area contributed by atoms with Gasteiger partial charge in [-0.25, -0.2) is 14.4 Å². The number of amides is 1. The van der Waals surface area contributed by atoms with Crippen LogP contribution in [0.1, 0.15) is 12.0 Å². The monoisotopic (exact) mass is 638 g/mol. The molecule has 0 bridgehead atoms. The average molecular weight is 639 g/mol. The lowest BCUT2D eigenvalue weighted by Crippen LogP contribution is -2.37. The molecule has 0 atom stereocenters. The van der Waals surface area contributed by atoms with Crippen LogP contribution in [0.3, 0.4) is 0 Å². The molecule has 0 unspecified atom stereocenters. The van der Waals surface area contributed by atoms with E-state index in [4.69, 9.17) is 9.47 Å². The predicted octanol–water partition coefficient (Wildman–Crippen LogP) is 5.07. The molecule has 0 aliphatic carbocycles. The van der Waals surface area contributed by atoms with Gasteiger partial charge in [0.1, 0.15) is 23.7 Å². The van der Waals surface area contributed by atoms with Gasteiger partial charge < -0.3 is 25.0 Å². The van der Waals surface area contributed by atoms with Gasteiger partial charge in [0.25, 0.3) is 0 Å². The third-order valence-electron chi connectivity index (χ3n) is 7.84. The summed E-state index contributed by atoms with van der Waals surface area (Å²) < 4.78 is 27.3. The second-order valence-corrected chi connectivity index (χ2v) is 11.7. The van der Waals surface area contributed by atoms with Crippen LogP contribution in [0.4, 0.5) is 21.6 Å². The second-order valence-electron chi connectivity index (χ2n) is 11.7. The molecular formula is C35H39FN8O3. The van der Waals surface area contributed by atoms with Gasteiger partial charge in [-0.15, -0.1) is 0 Å². The van der Waals surface area contributed by atoms with Crippen molar-refractivity contribution in [1.82, 2.24) is 29.5 Å². The van der Waals surface area contributed by atoms with Crippen LogP contribution in [0.25, 0.3) is 21.8 Å². The standard InChI is InChI=1S/C35H39FN8O3/c1-42(2)11-4-8-34(45)41-31-21-30-29(20-33(31)47-15-5-12-43-13-16-46-17-14-43)35(38-24-37-30)40-28-9-10-32-26(19-28)22-39-44(32)23-25-6-3-7-27(36)18-25/h3-4,6-10,18-22,24H,5,11-17,23H2,1-2H3,(H,41,45)(H,37,38,40)/b8-4+. The van der Waals surface area contributed by atoms with Crippen molar-refractivity contribution in [3.05, 3.63) is 90.7 Å². The number of carbonyl (C=O) groups excluding carboxylic acids is 1. The largest absolute Gasteiger partial charge is 0.491 e. The molecule has 1 aliphatic rings. The summed E-state index contributed by atoms with van der Waals surface area (Å²) in [7, 11) is 3.89. The molecule has 1 amide bonds. The Morgan fingerprint density at radius 2 is 1.98 bits per heavy atom. The van der Waals surface area contributed by atoms with Crippen molar-refractivity contribution in [1.29, 1.82) is 0 Å². The van der Waals surface area contributed by atoms with E-state index in [1.54, 1.807) is 12.3 Å². The minimum absolute atomic E-state index is 0.247. The van der Waals surface area contributed by atoms with Crippen LogP contribution in [-0.4, -0.2) is 95.6 Å². The van der Waals surface area contributed by atoms with Gasteiger partial charge in [0.2, 0.25) is 5.91 Å². The van der Waals surface area contributed by atoms with Gasteiger partial charge in [-0.05, 0) is 68.5 Å². The summed E-state index contributed by atoms with van der Waals surface area (Å²) in [5.74, 6) is 0.627. The Hall–Kier alpha value is -4.91. The zero-order valence-electron chi connectivity index (χ0n) is 26.7. The molecule has 6 rings (SSSR count). The van der Waals surface area contributed by atoms with E-state index >= 15 is 0 Å². The lowest BCUT2D eigenvalue weighted by molar-refractivity contribution is -0.111. The lowest BCUT2D eigenvalue weighted by atomic mass is 10.1. The molecule has 244 valence electrons. The molecule has 47 heavy (non-hydrogen) atoms. The third kappa shape index (κ3) is 8.47. The highest BCUT2D eigenvalue weighted by Gasteiger charge is 2.15. The SMILES string of the molecule is CN(C)C/C=C/C(=O)Nc1cc2ncnc(Nc3ccc4c(cnn4Cc4cccc(F)c4)c3)c2cc1OCCCN1CCOCC1. The molecule has 0 radical (unpaired) electrons. The molecule has 2 N–H and O–H groups in total. The van der Waals surface area contributed by atoms with E-state index in [0.29, 0.717) is 42.5 Å². The molecule has 12 heteroatoms. The van der Waals surface area contributed by atoms with Gasteiger partial charge in [0, 0.05) is 48.7 Å². The fraction of sp³-hybridized carbons (Fsp3) is 0.314. The Kier molecular flexibility index (Phi) is 10.3. The summed E-state index contributed by atoms with van der Waals surface area (Å²) in [5, 5.41) is 12.6. The van der Waals surface area contributed by atoms with E-state index in [2.05, 4.69) is 30.6 Å². The van der Waals surface area contributed by atoms with Gasteiger partial charge in [0.05, 0.1) is 49.3 Å². The van der Waals surface area contributed by atoms with E-state index in [1.807, 2.05) is 66.2 Å². The van der Waals surface area contributed by atoms with E-state index in [0.717, 1.165) is 66.8 Å². The zero-order chi connectivity index (χ0) is 32.6.